The van der Waals surface area contributed by atoms with Gasteiger partial charge in [0.15, 0.2) is 17.3 Å². The van der Waals surface area contributed by atoms with Crippen molar-refractivity contribution in [1.82, 2.24) is 0 Å². The monoisotopic (exact) mass is 492 g/mol. The molecule has 186 valence electrons. The van der Waals surface area contributed by atoms with Crippen molar-refractivity contribution in [1.29, 1.82) is 0 Å². The number of ether oxygens (including phenoxy) is 3. The zero-order chi connectivity index (χ0) is 25.4. The van der Waals surface area contributed by atoms with E-state index in [9.17, 15) is 13.6 Å². The summed E-state index contributed by atoms with van der Waals surface area (Å²) < 4.78 is 45.5. The van der Waals surface area contributed by atoms with Crippen LogP contribution in [-0.2, 0) is 4.79 Å². The molecule has 2 aliphatic rings. The van der Waals surface area contributed by atoms with Gasteiger partial charge in [0.05, 0.1) is 38.7 Å². The Balaban J connectivity index is 1.62. The number of hydrogen-bond donors (Lipinski definition) is 2. The molecule has 0 aromatic heterocycles. The summed E-state index contributed by atoms with van der Waals surface area (Å²) in [4.78, 5) is 13.7. The second-order valence-electron chi connectivity index (χ2n) is 8.79. The number of nitrogens with one attached hydrogen (secondary N) is 2. The number of benzene rings is 3. The fourth-order valence-corrected chi connectivity index (χ4v) is 5.03. The Morgan fingerprint density at radius 1 is 0.861 bits per heavy atom. The van der Waals surface area contributed by atoms with Gasteiger partial charge >= 0.3 is 0 Å². The maximum atomic E-state index is 14.9. The highest BCUT2D eigenvalue weighted by Crippen LogP contribution is 2.47. The third kappa shape index (κ3) is 4.12. The molecule has 36 heavy (non-hydrogen) atoms. The lowest BCUT2D eigenvalue weighted by Crippen LogP contribution is -2.27. The molecule has 6 nitrogen and oxygen atoms in total. The van der Waals surface area contributed by atoms with Crippen LogP contribution in [-0.4, -0.2) is 27.1 Å². The maximum Gasteiger partial charge on any atom is 0.203 e. The van der Waals surface area contributed by atoms with Gasteiger partial charge in [0.1, 0.15) is 11.6 Å². The van der Waals surface area contributed by atoms with Crippen LogP contribution < -0.4 is 24.8 Å². The second kappa shape index (κ2) is 9.53. The first-order chi connectivity index (χ1) is 17.4. The SMILES string of the molecule is COc1cc([C@H]2CC(=O)C3=C(C2)Nc2ccccc2N[C@@H]3c2cc(F)ccc2F)cc(OC)c1OC. The van der Waals surface area contributed by atoms with Crippen molar-refractivity contribution in [2.45, 2.75) is 24.8 Å². The van der Waals surface area contributed by atoms with Crippen LogP contribution >= 0.6 is 0 Å². The molecule has 0 bridgehead atoms. The van der Waals surface area contributed by atoms with Crippen molar-refractivity contribution in [3.05, 3.63) is 88.6 Å². The summed E-state index contributed by atoms with van der Waals surface area (Å²) in [5.74, 6) is -0.0336. The Bertz CT molecular complexity index is 1350. The highest BCUT2D eigenvalue weighted by atomic mass is 19.1. The fourth-order valence-electron chi connectivity index (χ4n) is 5.03. The van der Waals surface area contributed by atoms with Gasteiger partial charge < -0.3 is 24.8 Å². The van der Waals surface area contributed by atoms with E-state index in [1.807, 2.05) is 36.4 Å². The number of carbonyl (C=O) groups excluding carboxylic acids is 1. The number of methoxy groups -OCH3 is 3. The third-order valence-electron chi connectivity index (χ3n) is 6.74. The van der Waals surface area contributed by atoms with Gasteiger partial charge in [-0.15, -0.1) is 0 Å². The quantitative estimate of drug-likeness (QED) is 0.457. The number of carbonyl (C=O) groups is 1. The predicted molar refractivity (Wildman–Crippen MR) is 133 cm³/mol. The molecular weight excluding hydrogens is 466 g/mol. The number of halogens is 2. The topological polar surface area (TPSA) is 68.8 Å². The van der Waals surface area contributed by atoms with Gasteiger partial charge in [-0.2, -0.15) is 0 Å². The van der Waals surface area contributed by atoms with Gasteiger partial charge in [-0.05, 0) is 60.4 Å². The summed E-state index contributed by atoms with van der Waals surface area (Å²) in [6.07, 6.45) is 0.660. The molecule has 2 N–H and O–H groups in total. The normalized spacial score (nSPS) is 18.9. The van der Waals surface area contributed by atoms with Crippen molar-refractivity contribution >= 4 is 17.2 Å². The molecule has 2 atom stereocenters. The zero-order valence-corrected chi connectivity index (χ0v) is 20.2. The van der Waals surface area contributed by atoms with Crippen LogP contribution in [0.15, 0.2) is 65.9 Å². The average Bonchev–Trinajstić information content (AvgIpc) is 3.06. The molecule has 5 rings (SSSR count). The molecule has 3 aromatic rings. The number of rotatable bonds is 5. The number of para-hydroxylation sites is 2. The van der Waals surface area contributed by atoms with Crippen LogP contribution in [0.25, 0.3) is 0 Å². The van der Waals surface area contributed by atoms with Gasteiger partial charge in [-0.1, -0.05) is 12.1 Å². The molecule has 1 aliphatic heterocycles. The molecule has 1 aliphatic carbocycles. The number of anilines is 2. The Labute approximate surface area is 207 Å². The number of fused-ring (bicyclic) bond motifs is 1. The van der Waals surface area contributed by atoms with E-state index in [0.29, 0.717) is 40.6 Å². The molecule has 0 saturated heterocycles. The molecule has 0 amide bonds. The Kier molecular flexibility index (Phi) is 6.26. The van der Waals surface area contributed by atoms with E-state index in [0.717, 1.165) is 29.4 Å². The minimum Gasteiger partial charge on any atom is -0.493 e. The predicted octanol–water partition coefficient (Wildman–Crippen LogP) is 5.97. The first kappa shape index (κ1) is 23.7. The maximum absolute atomic E-state index is 14.9. The number of ketones is 1. The van der Waals surface area contributed by atoms with E-state index >= 15 is 0 Å². The first-order valence-electron chi connectivity index (χ1n) is 11.6. The van der Waals surface area contributed by atoms with Crippen molar-refractivity contribution in [2.24, 2.45) is 0 Å². The summed E-state index contributed by atoms with van der Waals surface area (Å²) in [6.45, 7) is 0. The van der Waals surface area contributed by atoms with Gasteiger partial charge in [-0.25, -0.2) is 8.78 Å². The van der Waals surface area contributed by atoms with E-state index in [4.69, 9.17) is 14.2 Å². The third-order valence-corrected chi connectivity index (χ3v) is 6.74. The Morgan fingerprint density at radius 2 is 1.56 bits per heavy atom. The van der Waals surface area contributed by atoms with E-state index in [2.05, 4.69) is 10.6 Å². The number of allylic oxidation sites excluding steroid dienone is 1. The van der Waals surface area contributed by atoms with Crippen LogP contribution in [0.2, 0.25) is 0 Å². The Morgan fingerprint density at radius 3 is 2.22 bits per heavy atom. The molecule has 0 spiro atoms. The minimum absolute atomic E-state index is 0.0839. The smallest absolute Gasteiger partial charge is 0.203 e. The molecule has 0 unspecified atom stereocenters. The highest BCUT2D eigenvalue weighted by Gasteiger charge is 2.37. The summed E-state index contributed by atoms with van der Waals surface area (Å²) in [7, 11) is 4.62. The average molecular weight is 493 g/mol. The van der Waals surface area contributed by atoms with Crippen molar-refractivity contribution in [3.63, 3.8) is 0 Å². The summed E-state index contributed by atoms with van der Waals surface area (Å²) in [6, 6.07) is 13.6. The minimum atomic E-state index is -0.847. The summed E-state index contributed by atoms with van der Waals surface area (Å²) >= 11 is 0. The molecular formula is C28H26F2N2O4. The largest absolute Gasteiger partial charge is 0.493 e. The van der Waals surface area contributed by atoms with Crippen LogP contribution in [0, 0.1) is 11.6 Å². The molecule has 0 saturated carbocycles. The van der Waals surface area contributed by atoms with Crippen molar-refractivity contribution in [3.8, 4) is 17.2 Å². The summed E-state index contributed by atoms with van der Waals surface area (Å²) in [5, 5.41) is 6.67. The van der Waals surface area contributed by atoms with Gasteiger partial charge in [0, 0.05) is 23.3 Å². The van der Waals surface area contributed by atoms with E-state index in [1.54, 1.807) is 14.2 Å². The lowest BCUT2D eigenvalue weighted by atomic mass is 9.78. The van der Waals surface area contributed by atoms with Crippen LogP contribution in [0.5, 0.6) is 17.2 Å². The standard InChI is InChI=1S/C28H26F2N2O4/c1-34-24-12-16(13-25(35-2)28(24)36-3)15-10-22-26(23(33)11-15)27(18-14-17(29)8-9-19(18)30)32-21-7-5-4-6-20(21)31-22/h4-9,12-15,27,31-32H,10-11H2,1-3H3/t15-,27-/m1/s1. The zero-order valence-electron chi connectivity index (χ0n) is 20.2. The second-order valence-corrected chi connectivity index (χ2v) is 8.79. The number of hydrogen-bond acceptors (Lipinski definition) is 6. The van der Waals surface area contributed by atoms with E-state index in [1.165, 1.54) is 7.11 Å². The lowest BCUT2D eigenvalue weighted by Gasteiger charge is -2.30. The van der Waals surface area contributed by atoms with Crippen LogP contribution in [0.1, 0.15) is 35.9 Å². The van der Waals surface area contributed by atoms with Crippen molar-refractivity contribution < 1.29 is 27.8 Å². The summed E-state index contributed by atoms with van der Waals surface area (Å²) in [5.41, 5.74) is 3.45. The van der Waals surface area contributed by atoms with Crippen LogP contribution in [0.3, 0.4) is 0 Å². The van der Waals surface area contributed by atoms with E-state index in [-0.39, 0.29) is 23.7 Å². The van der Waals surface area contributed by atoms with E-state index < -0.39 is 17.7 Å². The van der Waals surface area contributed by atoms with Gasteiger partial charge in [0.2, 0.25) is 5.75 Å². The Hall–Kier alpha value is -4.07. The fraction of sp³-hybridized carbons (Fsp3) is 0.250. The van der Waals surface area contributed by atoms with Gasteiger partial charge in [0.25, 0.3) is 0 Å². The van der Waals surface area contributed by atoms with Crippen molar-refractivity contribution in [2.75, 3.05) is 32.0 Å². The molecule has 0 radical (unpaired) electrons. The highest BCUT2D eigenvalue weighted by molar-refractivity contribution is 6.01. The first-order valence-corrected chi connectivity index (χ1v) is 11.6. The number of Topliss-reactive ketones (excluding diaryl/α,β-unsaturated/α-hetero) is 1. The lowest BCUT2D eigenvalue weighted by molar-refractivity contribution is -0.116. The molecule has 0 fully saturated rings. The van der Waals surface area contributed by atoms with Crippen LogP contribution in [0.4, 0.5) is 20.2 Å². The molecule has 3 aromatic carbocycles. The molecule has 1 heterocycles. The molecule has 8 heteroatoms. The van der Waals surface area contributed by atoms with Gasteiger partial charge in [-0.3, -0.25) is 4.79 Å².